The fourth-order valence-electron chi connectivity index (χ4n) is 2.73. The Labute approximate surface area is 147 Å². The highest BCUT2D eigenvalue weighted by atomic mass is 16.2. The molecule has 2 aromatic carbocycles. The lowest BCUT2D eigenvalue weighted by Gasteiger charge is -2.17. The van der Waals surface area contributed by atoms with E-state index < -0.39 is 29.0 Å². The minimum atomic E-state index is -1.23. The summed E-state index contributed by atoms with van der Waals surface area (Å²) in [4.78, 5) is 51.3. The van der Waals surface area contributed by atoms with E-state index in [2.05, 4.69) is 4.98 Å². The van der Waals surface area contributed by atoms with Crippen LogP contribution in [0, 0.1) is 0 Å². The summed E-state index contributed by atoms with van der Waals surface area (Å²) in [6.07, 6.45) is 0.0478. The quantitative estimate of drug-likeness (QED) is 0.669. The van der Waals surface area contributed by atoms with Gasteiger partial charge >= 0.3 is 17.1 Å². The maximum atomic E-state index is 12.8. The lowest BCUT2D eigenvalue weighted by Crippen LogP contribution is -2.52. The monoisotopic (exact) mass is 352 g/mol. The Hall–Kier alpha value is -3.68. The smallest absolute Gasteiger partial charge is 0.341 e. The number of amides is 1. The molecule has 0 fully saturated rings. The molecule has 3 N–H and O–H groups in total. The fourth-order valence-corrected chi connectivity index (χ4v) is 2.73. The van der Waals surface area contributed by atoms with Crippen LogP contribution in [0.3, 0.4) is 0 Å². The number of aromatic nitrogens is 3. The van der Waals surface area contributed by atoms with Crippen molar-refractivity contribution >= 4 is 5.91 Å². The SMILES string of the molecule is NC(=O)[C@H](Cc1ccccc1)n1c(=O)[nH]c(=O)n(-c2ccccc2)c1=O. The highest BCUT2D eigenvalue weighted by molar-refractivity contribution is 5.78. The Morgan fingerprint density at radius 2 is 1.50 bits per heavy atom. The van der Waals surface area contributed by atoms with Crippen LogP contribution in [0.5, 0.6) is 0 Å². The van der Waals surface area contributed by atoms with Crippen molar-refractivity contribution in [2.24, 2.45) is 5.73 Å². The minimum Gasteiger partial charge on any atom is -0.368 e. The van der Waals surface area contributed by atoms with E-state index in [0.29, 0.717) is 4.57 Å². The van der Waals surface area contributed by atoms with Crippen molar-refractivity contribution in [2.75, 3.05) is 0 Å². The molecule has 0 aliphatic rings. The zero-order valence-electron chi connectivity index (χ0n) is 13.7. The van der Waals surface area contributed by atoms with Gasteiger partial charge in [0.15, 0.2) is 0 Å². The molecule has 3 rings (SSSR count). The number of nitrogens with one attached hydrogen (secondary N) is 1. The summed E-state index contributed by atoms with van der Waals surface area (Å²) in [7, 11) is 0. The number of nitrogens with zero attached hydrogens (tertiary/aromatic N) is 2. The number of hydrogen-bond acceptors (Lipinski definition) is 4. The first-order valence-corrected chi connectivity index (χ1v) is 7.85. The van der Waals surface area contributed by atoms with Gasteiger partial charge < -0.3 is 5.73 Å². The lowest BCUT2D eigenvalue weighted by molar-refractivity contribution is -0.121. The number of rotatable bonds is 5. The summed E-state index contributed by atoms with van der Waals surface area (Å²) in [5.74, 6) is -0.847. The van der Waals surface area contributed by atoms with Gasteiger partial charge in [-0.2, -0.15) is 0 Å². The molecule has 0 bridgehead atoms. The predicted octanol–water partition coefficient (Wildman–Crippen LogP) is -0.0434. The van der Waals surface area contributed by atoms with Crippen molar-refractivity contribution in [3.05, 3.63) is 97.7 Å². The van der Waals surface area contributed by atoms with Crippen LogP contribution in [0.25, 0.3) is 5.69 Å². The van der Waals surface area contributed by atoms with Crippen molar-refractivity contribution in [1.29, 1.82) is 0 Å². The zero-order chi connectivity index (χ0) is 18.7. The predicted molar refractivity (Wildman–Crippen MR) is 95.3 cm³/mol. The Balaban J connectivity index is 2.20. The molecule has 0 aliphatic carbocycles. The molecule has 1 atom stereocenters. The number of benzene rings is 2. The number of carbonyl (C=O) groups excluding carboxylic acids is 1. The van der Waals surface area contributed by atoms with Crippen LogP contribution < -0.4 is 22.8 Å². The Morgan fingerprint density at radius 1 is 0.923 bits per heavy atom. The number of primary amides is 1. The average molecular weight is 352 g/mol. The molecule has 132 valence electrons. The van der Waals surface area contributed by atoms with Crippen molar-refractivity contribution in [3.8, 4) is 5.69 Å². The number of nitrogens with two attached hydrogens (primary N) is 1. The minimum absolute atomic E-state index is 0.0478. The third kappa shape index (κ3) is 3.25. The lowest BCUT2D eigenvalue weighted by atomic mass is 10.1. The van der Waals surface area contributed by atoms with Gasteiger partial charge in [0, 0.05) is 6.42 Å². The molecule has 8 nitrogen and oxygen atoms in total. The van der Waals surface area contributed by atoms with Crippen molar-refractivity contribution in [3.63, 3.8) is 0 Å². The van der Waals surface area contributed by atoms with Crippen LogP contribution in [0.15, 0.2) is 75.0 Å². The Morgan fingerprint density at radius 3 is 2.08 bits per heavy atom. The third-order valence-electron chi connectivity index (χ3n) is 3.96. The first kappa shape index (κ1) is 17.2. The van der Waals surface area contributed by atoms with Crippen molar-refractivity contribution in [2.45, 2.75) is 12.5 Å². The van der Waals surface area contributed by atoms with E-state index in [0.717, 1.165) is 10.1 Å². The fraction of sp³-hybridized carbons (Fsp3) is 0.111. The normalized spacial score (nSPS) is 11.8. The van der Waals surface area contributed by atoms with Crippen LogP contribution in [0.1, 0.15) is 11.6 Å². The van der Waals surface area contributed by atoms with Gasteiger partial charge in [-0.05, 0) is 17.7 Å². The summed E-state index contributed by atoms with van der Waals surface area (Å²) >= 11 is 0. The molecule has 0 spiro atoms. The summed E-state index contributed by atoms with van der Waals surface area (Å²) in [5, 5.41) is 0. The van der Waals surface area contributed by atoms with E-state index >= 15 is 0 Å². The number of H-pyrrole nitrogens is 1. The van der Waals surface area contributed by atoms with E-state index in [9.17, 15) is 19.2 Å². The third-order valence-corrected chi connectivity index (χ3v) is 3.96. The van der Waals surface area contributed by atoms with Crippen LogP contribution in [-0.4, -0.2) is 20.0 Å². The van der Waals surface area contributed by atoms with Gasteiger partial charge in [-0.1, -0.05) is 48.5 Å². The van der Waals surface area contributed by atoms with Crippen LogP contribution in [0.2, 0.25) is 0 Å². The second-order valence-corrected chi connectivity index (χ2v) is 5.67. The highest BCUT2D eigenvalue weighted by Gasteiger charge is 2.24. The maximum Gasteiger partial charge on any atom is 0.341 e. The second-order valence-electron chi connectivity index (χ2n) is 5.67. The van der Waals surface area contributed by atoms with Gasteiger partial charge in [-0.15, -0.1) is 0 Å². The van der Waals surface area contributed by atoms with E-state index in [1.165, 1.54) is 0 Å². The van der Waals surface area contributed by atoms with Gasteiger partial charge in [0.1, 0.15) is 6.04 Å². The number of carbonyl (C=O) groups is 1. The molecular weight excluding hydrogens is 336 g/mol. The van der Waals surface area contributed by atoms with Gasteiger partial charge in [0.05, 0.1) is 5.69 Å². The topological polar surface area (TPSA) is 120 Å². The second kappa shape index (κ2) is 7.06. The number of hydrogen-bond donors (Lipinski definition) is 2. The molecule has 0 saturated heterocycles. The summed E-state index contributed by atoms with van der Waals surface area (Å²) in [6, 6.07) is 15.7. The van der Waals surface area contributed by atoms with Crippen LogP contribution in [-0.2, 0) is 11.2 Å². The van der Waals surface area contributed by atoms with E-state index in [1.54, 1.807) is 60.7 Å². The van der Waals surface area contributed by atoms with Crippen LogP contribution in [0.4, 0.5) is 0 Å². The maximum absolute atomic E-state index is 12.8. The molecule has 0 aliphatic heterocycles. The molecular formula is C18H16N4O4. The number of aromatic amines is 1. The van der Waals surface area contributed by atoms with Gasteiger partial charge in [-0.25, -0.2) is 23.5 Å². The van der Waals surface area contributed by atoms with Crippen molar-refractivity contribution < 1.29 is 4.79 Å². The molecule has 26 heavy (non-hydrogen) atoms. The van der Waals surface area contributed by atoms with Crippen molar-refractivity contribution in [1.82, 2.24) is 14.1 Å². The summed E-state index contributed by atoms with van der Waals surface area (Å²) in [5.41, 5.74) is 3.65. The van der Waals surface area contributed by atoms with Gasteiger partial charge in [-0.3, -0.25) is 9.78 Å². The molecule has 0 saturated carbocycles. The standard InChI is InChI=1S/C18H16N4O4/c19-15(23)14(11-12-7-3-1-4-8-12)22-17(25)20-16(24)21(18(22)26)13-9-5-2-6-10-13/h1-10,14H,11H2,(H2,19,23)(H,20,24,25)/t14-/m0/s1. The summed E-state index contributed by atoms with van der Waals surface area (Å²) in [6.45, 7) is 0. The Kier molecular flexibility index (Phi) is 4.66. The molecule has 8 heteroatoms. The van der Waals surface area contributed by atoms with Gasteiger partial charge in [0.2, 0.25) is 5.91 Å². The van der Waals surface area contributed by atoms with E-state index in [-0.39, 0.29) is 12.1 Å². The first-order chi connectivity index (χ1) is 12.5. The number of para-hydroxylation sites is 1. The summed E-state index contributed by atoms with van der Waals surface area (Å²) < 4.78 is 1.48. The molecule has 1 heterocycles. The zero-order valence-corrected chi connectivity index (χ0v) is 13.7. The van der Waals surface area contributed by atoms with E-state index in [4.69, 9.17) is 5.73 Å². The largest absolute Gasteiger partial charge is 0.368 e. The van der Waals surface area contributed by atoms with E-state index in [1.807, 2.05) is 0 Å². The average Bonchev–Trinajstić information content (AvgIpc) is 2.62. The Bertz CT molecular complexity index is 1100. The first-order valence-electron chi connectivity index (χ1n) is 7.85. The molecule has 0 unspecified atom stereocenters. The highest BCUT2D eigenvalue weighted by Crippen LogP contribution is 2.11. The molecule has 1 amide bonds. The van der Waals surface area contributed by atoms with Crippen LogP contribution >= 0.6 is 0 Å². The molecule has 1 aromatic heterocycles. The molecule has 3 aromatic rings. The molecule has 0 radical (unpaired) electrons. The van der Waals surface area contributed by atoms with Gasteiger partial charge in [0.25, 0.3) is 0 Å².